The molecule has 0 spiro atoms. The average molecular weight is 319 g/mol. The van der Waals surface area contributed by atoms with E-state index in [2.05, 4.69) is 10.3 Å². The van der Waals surface area contributed by atoms with Crippen LogP contribution in [0.1, 0.15) is 24.1 Å². The smallest absolute Gasteiger partial charge is 0.228 e. The third-order valence-corrected chi connectivity index (χ3v) is 3.64. The molecule has 22 heavy (non-hydrogen) atoms. The molecule has 2 aromatic rings. The van der Waals surface area contributed by atoms with E-state index >= 15 is 0 Å². The fourth-order valence-electron chi connectivity index (χ4n) is 2.17. The van der Waals surface area contributed by atoms with Crippen molar-refractivity contribution < 1.29 is 9.90 Å². The summed E-state index contributed by atoms with van der Waals surface area (Å²) >= 11 is 5.92. The van der Waals surface area contributed by atoms with Crippen molar-refractivity contribution in [2.75, 3.05) is 6.61 Å². The van der Waals surface area contributed by atoms with Gasteiger partial charge in [0.1, 0.15) is 0 Å². The lowest BCUT2D eigenvalue weighted by atomic mass is 9.93. The number of amides is 1. The highest BCUT2D eigenvalue weighted by Crippen LogP contribution is 2.22. The van der Waals surface area contributed by atoms with Crippen molar-refractivity contribution >= 4 is 17.5 Å². The molecule has 0 aliphatic rings. The van der Waals surface area contributed by atoms with E-state index < -0.39 is 0 Å². The van der Waals surface area contributed by atoms with Gasteiger partial charge in [-0.2, -0.15) is 0 Å². The third kappa shape index (κ3) is 4.55. The molecule has 0 radical (unpaired) electrons. The first-order chi connectivity index (χ1) is 10.6. The Labute approximate surface area is 135 Å². The van der Waals surface area contributed by atoms with Gasteiger partial charge in [0, 0.05) is 29.4 Å². The Kier molecular flexibility index (Phi) is 5.92. The lowest BCUT2D eigenvalue weighted by Crippen LogP contribution is -2.39. The predicted molar refractivity (Wildman–Crippen MR) is 86.8 cm³/mol. The molecule has 1 heterocycles. The Balaban J connectivity index is 2.23. The minimum absolute atomic E-state index is 0.0946. The first-order valence-corrected chi connectivity index (χ1v) is 7.54. The zero-order valence-corrected chi connectivity index (χ0v) is 13.1. The standard InChI is InChI=1S/C17H19ClN2O2/c1-12(11-21)20-17(22)16(10-15-4-2-3-9-19-15)13-5-7-14(18)8-6-13/h2-9,12,16,21H,10-11H2,1H3,(H,20,22)/t12-,16?/m0/s1. The zero-order valence-electron chi connectivity index (χ0n) is 12.4. The Bertz CT molecular complexity index is 602. The second-order valence-electron chi connectivity index (χ2n) is 5.22. The quantitative estimate of drug-likeness (QED) is 0.860. The summed E-state index contributed by atoms with van der Waals surface area (Å²) in [6, 6.07) is 12.6. The minimum Gasteiger partial charge on any atom is -0.394 e. The summed E-state index contributed by atoms with van der Waals surface area (Å²) in [6.45, 7) is 1.67. The number of benzene rings is 1. The van der Waals surface area contributed by atoms with Gasteiger partial charge in [0.25, 0.3) is 0 Å². The molecule has 4 nitrogen and oxygen atoms in total. The van der Waals surface area contributed by atoms with E-state index in [1.165, 1.54) is 0 Å². The van der Waals surface area contributed by atoms with Crippen LogP contribution >= 0.6 is 11.6 Å². The molecule has 116 valence electrons. The van der Waals surface area contributed by atoms with Gasteiger partial charge < -0.3 is 10.4 Å². The Morgan fingerprint density at radius 3 is 2.59 bits per heavy atom. The first kappa shape index (κ1) is 16.5. The maximum Gasteiger partial charge on any atom is 0.228 e. The van der Waals surface area contributed by atoms with Gasteiger partial charge in [-0.05, 0) is 36.8 Å². The maximum atomic E-state index is 12.5. The van der Waals surface area contributed by atoms with E-state index in [-0.39, 0.29) is 24.5 Å². The number of nitrogens with zero attached hydrogens (tertiary/aromatic N) is 1. The number of nitrogens with one attached hydrogen (secondary N) is 1. The molecule has 0 saturated heterocycles. The van der Waals surface area contributed by atoms with Gasteiger partial charge in [0.05, 0.1) is 12.5 Å². The maximum absolute atomic E-state index is 12.5. The SMILES string of the molecule is C[C@@H](CO)NC(=O)C(Cc1ccccn1)c1ccc(Cl)cc1. The summed E-state index contributed by atoms with van der Waals surface area (Å²) in [4.78, 5) is 16.8. The zero-order chi connectivity index (χ0) is 15.9. The summed E-state index contributed by atoms with van der Waals surface area (Å²) in [6.07, 6.45) is 2.20. The van der Waals surface area contributed by atoms with Gasteiger partial charge in [-0.1, -0.05) is 29.8 Å². The van der Waals surface area contributed by atoms with Crippen molar-refractivity contribution in [2.45, 2.75) is 25.3 Å². The molecule has 0 saturated carbocycles. The summed E-state index contributed by atoms with van der Waals surface area (Å²) < 4.78 is 0. The molecule has 0 aliphatic heterocycles. The van der Waals surface area contributed by atoms with Crippen molar-refractivity contribution in [2.24, 2.45) is 0 Å². The number of pyridine rings is 1. The molecule has 0 aliphatic carbocycles. The number of halogens is 1. The lowest BCUT2D eigenvalue weighted by molar-refractivity contribution is -0.123. The van der Waals surface area contributed by atoms with Gasteiger partial charge in [-0.3, -0.25) is 9.78 Å². The molecule has 5 heteroatoms. The van der Waals surface area contributed by atoms with Crippen molar-refractivity contribution in [3.05, 3.63) is 64.9 Å². The van der Waals surface area contributed by atoms with Gasteiger partial charge in [0.15, 0.2) is 0 Å². The van der Waals surface area contributed by atoms with Crippen LogP contribution in [0, 0.1) is 0 Å². The fourth-order valence-corrected chi connectivity index (χ4v) is 2.30. The topological polar surface area (TPSA) is 62.2 Å². The highest BCUT2D eigenvalue weighted by molar-refractivity contribution is 6.30. The van der Waals surface area contributed by atoms with Gasteiger partial charge in [0.2, 0.25) is 5.91 Å². The third-order valence-electron chi connectivity index (χ3n) is 3.39. The van der Waals surface area contributed by atoms with E-state index in [0.717, 1.165) is 11.3 Å². The summed E-state index contributed by atoms with van der Waals surface area (Å²) in [7, 11) is 0. The normalized spacial score (nSPS) is 13.4. The van der Waals surface area contributed by atoms with Crippen LogP contribution in [-0.2, 0) is 11.2 Å². The largest absolute Gasteiger partial charge is 0.394 e. The molecule has 1 unspecified atom stereocenters. The Hall–Kier alpha value is -1.91. The average Bonchev–Trinajstić information content (AvgIpc) is 2.54. The van der Waals surface area contributed by atoms with E-state index in [1.54, 1.807) is 25.3 Å². The molecular weight excluding hydrogens is 300 g/mol. The molecule has 1 aromatic heterocycles. The van der Waals surface area contributed by atoms with Gasteiger partial charge >= 0.3 is 0 Å². The molecule has 2 rings (SSSR count). The second-order valence-corrected chi connectivity index (χ2v) is 5.66. The summed E-state index contributed by atoms with van der Waals surface area (Å²) in [5.41, 5.74) is 1.71. The van der Waals surface area contributed by atoms with E-state index in [0.29, 0.717) is 11.4 Å². The number of carbonyl (C=O) groups excluding carboxylic acids is 1. The highest BCUT2D eigenvalue weighted by Gasteiger charge is 2.22. The van der Waals surface area contributed by atoms with Crippen molar-refractivity contribution in [1.29, 1.82) is 0 Å². The monoisotopic (exact) mass is 318 g/mol. The number of aromatic nitrogens is 1. The number of hydrogen-bond acceptors (Lipinski definition) is 3. The van der Waals surface area contributed by atoms with Gasteiger partial charge in [-0.15, -0.1) is 0 Å². The van der Waals surface area contributed by atoms with E-state index in [1.807, 2.05) is 30.3 Å². The first-order valence-electron chi connectivity index (χ1n) is 7.16. The Morgan fingerprint density at radius 1 is 1.27 bits per heavy atom. The van der Waals surface area contributed by atoms with Crippen LogP contribution in [0.3, 0.4) is 0 Å². The number of carbonyl (C=O) groups is 1. The van der Waals surface area contributed by atoms with Crippen molar-refractivity contribution in [1.82, 2.24) is 10.3 Å². The van der Waals surface area contributed by atoms with Crippen LogP contribution < -0.4 is 5.32 Å². The molecule has 1 amide bonds. The predicted octanol–water partition coefficient (Wildman–Crippen LogP) is 2.56. The number of aliphatic hydroxyl groups is 1. The lowest BCUT2D eigenvalue weighted by Gasteiger charge is -2.19. The molecule has 0 bridgehead atoms. The minimum atomic E-state index is -0.374. The number of rotatable bonds is 6. The van der Waals surface area contributed by atoms with Crippen molar-refractivity contribution in [3.63, 3.8) is 0 Å². The van der Waals surface area contributed by atoms with Crippen LogP contribution in [-0.4, -0.2) is 28.6 Å². The van der Waals surface area contributed by atoms with Gasteiger partial charge in [-0.25, -0.2) is 0 Å². The second kappa shape index (κ2) is 7.92. The van der Waals surface area contributed by atoms with Crippen LogP contribution in [0.2, 0.25) is 5.02 Å². The molecule has 1 aromatic carbocycles. The fraction of sp³-hybridized carbons (Fsp3) is 0.294. The van der Waals surface area contributed by atoms with E-state index in [9.17, 15) is 4.79 Å². The Morgan fingerprint density at radius 2 is 2.00 bits per heavy atom. The number of aliphatic hydroxyl groups excluding tert-OH is 1. The molecule has 0 fully saturated rings. The van der Waals surface area contributed by atoms with Crippen LogP contribution in [0.4, 0.5) is 0 Å². The molecule has 2 atom stereocenters. The highest BCUT2D eigenvalue weighted by atomic mass is 35.5. The van der Waals surface area contributed by atoms with Crippen LogP contribution in [0.5, 0.6) is 0 Å². The van der Waals surface area contributed by atoms with E-state index in [4.69, 9.17) is 16.7 Å². The summed E-state index contributed by atoms with van der Waals surface area (Å²) in [5.74, 6) is -0.504. The molecule has 2 N–H and O–H groups in total. The molecular formula is C17H19ClN2O2. The van der Waals surface area contributed by atoms with Crippen molar-refractivity contribution in [3.8, 4) is 0 Å². The summed E-state index contributed by atoms with van der Waals surface area (Å²) in [5, 5.41) is 12.6. The number of hydrogen-bond donors (Lipinski definition) is 2. The van der Waals surface area contributed by atoms with Crippen LogP contribution in [0.25, 0.3) is 0 Å². The van der Waals surface area contributed by atoms with Crippen LogP contribution in [0.15, 0.2) is 48.7 Å².